The fourth-order valence-electron chi connectivity index (χ4n) is 2.63. The van der Waals surface area contributed by atoms with Gasteiger partial charge in [0.15, 0.2) is 0 Å². The summed E-state index contributed by atoms with van der Waals surface area (Å²) in [6, 6.07) is 9.61. The van der Waals surface area contributed by atoms with Crippen LogP contribution < -0.4 is 0 Å². The molecule has 0 radical (unpaired) electrons. The Hall–Kier alpha value is -1.66. The molecule has 0 heterocycles. The smallest absolute Gasteiger partial charge is 0.335 e. The second kappa shape index (κ2) is 6.41. The van der Waals surface area contributed by atoms with Crippen molar-refractivity contribution in [2.75, 3.05) is 6.61 Å². The van der Waals surface area contributed by atoms with E-state index in [1.807, 2.05) is 30.3 Å². The average Bonchev–Trinajstić information content (AvgIpc) is 2.47. The van der Waals surface area contributed by atoms with Crippen molar-refractivity contribution in [1.82, 2.24) is 0 Å². The maximum atomic E-state index is 12.0. The number of hydrogen-bond donors (Lipinski definition) is 1. The lowest BCUT2D eigenvalue weighted by atomic mass is 9.83. The highest BCUT2D eigenvalue weighted by molar-refractivity contribution is 7.89. The van der Waals surface area contributed by atoms with Gasteiger partial charge in [0, 0.05) is 0 Å². The maximum absolute atomic E-state index is 12.0. The van der Waals surface area contributed by atoms with Crippen molar-refractivity contribution < 1.29 is 22.5 Å². The average molecular weight is 310 g/mol. The van der Waals surface area contributed by atoms with E-state index in [-0.39, 0.29) is 35.8 Å². The van der Waals surface area contributed by atoms with Crippen LogP contribution in [0.4, 0.5) is 0 Å². The number of rotatable bonds is 4. The van der Waals surface area contributed by atoms with Crippen molar-refractivity contribution in [1.29, 1.82) is 0 Å². The third kappa shape index (κ3) is 3.71. The minimum Gasteiger partial charge on any atom is -0.463 e. The van der Waals surface area contributed by atoms with Crippen molar-refractivity contribution in [2.24, 2.45) is 0 Å². The number of carbonyl (C=O) groups is 1. The van der Waals surface area contributed by atoms with Crippen LogP contribution in [0.3, 0.4) is 0 Å². The zero-order valence-corrected chi connectivity index (χ0v) is 12.6. The molecule has 1 unspecified atom stereocenters. The van der Waals surface area contributed by atoms with Gasteiger partial charge in [-0.1, -0.05) is 30.3 Å². The van der Waals surface area contributed by atoms with Crippen molar-refractivity contribution >= 4 is 16.1 Å². The van der Waals surface area contributed by atoms with Gasteiger partial charge in [-0.25, -0.2) is 4.79 Å². The van der Waals surface area contributed by atoms with Gasteiger partial charge in [0.25, 0.3) is 10.1 Å². The van der Waals surface area contributed by atoms with Crippen molar-refractivity contribution in [2.45, 2.75) is 32.1 Å². The first-order valence-electron chi connectivity index (χ1n) is 6.85. The topological polar surface area (TPSA) is 80.7 Å². The Kier molecular flexibility index (Phi) is 4.80. The van der Waals surface area contributed by atoms with Gasteiger partial charge in [-0.15, -0.1) is 0 Å². The van der Waals surface area contributed by atoms with Crippen LogP contribution in [0.2, 0.25) is 0 Å². The molecular weight excluding hydrogens is 292 g/mol. The summed E-state index contributed by atoms with van der Waals surface area (Å²) in [4.78, 5) is 11.8. The van der Waals surface area contributed by atoms with Crippen LogP contribution in [0.25, 0.3) is 0 Å². The standard InChI is InChI=1S/C15H18O5S/c1-2-20-15(16)13-10-12(11-6-4-3-5-7-11)8-9-14(13)21(17,18)19/h3-7,12H,2,8-10H2,1H3,(H,17,18,19). The Morgan fingerprint density at radius 3 is 2.57 bits per heavy atom. The molecule has 5 nitrogen and oxygen atoms in total. The number of allylic oxidation sites excluding steroid dienone is 1. The normalized spacial score (nSPS) is 19.4. The van der Waals surface area contributed by atoms with E-state index < -0.39 is 16.1 Å². The summed E-state index contributed by atoms with van der Waals surface area (Å²) < 4.78 is 37.1. The number of ether oxygens (including phenoxy) is 1. The first kappa shape index (κ1) is 15.7. The first-order valence-corrected chi connectivity index (χ1v) is 8.29. The van der Waals surface area contributed by atoms with Gasteiger partial charge in [0.1, 0.15) is 0 Å². The molecule has 6 heteroatoms. The van der Waals surface area contributed by atoms with Gasteiger partial charge < -0.3 is 4.74 Å². The van der Waals surface area contributed by atoms with E-state index >= 15 is 0 Å². The number of hydrogen-bond acceptors (Lipinski definition) is 4. The van der Waals surface area contributed by atoms with Crippen LogP contribution in [0.15, 0.2) is 40.8 Å². The monoisotopic (exact) mass is 310 g/mol. The molecule has 1 N–H and O–H groups in total. The molecular formula is C15H18O5S. The predicted molar refractivity (Wildman–Crippen MR) is 78.2 cm³/mol. The Labute approximate surface area is 124 Å². The maximum Gasteiger partial charge on any atom is 0.335 e. The summed E-state index contributed by atoms with van der Waals surface area (Å²) in [5, 5.41) is 0. The Morgan fingerprint density at radius 1 is 1.33 bits per heavy atom. The minimum atomic E-state index is -4.37. The summed E-state index contributed by atoms with van der Waals surface area (Å²) >= 11 is 0. The number of esters is 1. The lowest BCUT2D eigenvalue weighted by molar-refractivity contribution is -0.138. The molecule has 1 aromatic carbocycles. The van der Waals surface area contributed by atoms with Gasteiger partial charge in [0.05, 0.1) is 17.1 Å². The second-order valence-electron chi connectivity index (χ2n) is 4.95. The Morgan fingerprint density at radius 2 is 2.00 bits per heavy atom. The van der Waals surface area contributed by atoms with Crippen LogP contribution in [-0.4, -0.2) is 25.5 Å². The van der Waals surface area contributed by atoms with Crippen molar-refractivity contribution in [3.05, 3.63) is 46.4 Å². The zero-order valence-electron chi connectivity index (χ0n) is 11.8. The summed E-state index contributed by atoms with van der Waals surface area (Å²) in [7, 11) is -4.37. The SMILES string of the molecule is CCOC(=O)C1=C(S(=O)(=O)O)CCC(c2ccccc2)C1. The molecule has 0 spiro atoms. The molecule has 21 heavy (non-hydrogen) atoms. The molecule has 0 amide bonds. The predicted octanol–water partition coefficient (Wildman–Crippen LogP) is 2.66. The summed E-state index contributed by atoms with van der Waals surface area (Å²) in [5.74, 6) is -0.609. The number of benzene rings is 1. The molecule has 0 saturated carbocycles. The van der Waals surface area contributed by atoms with E-state index in [4.69, 9.17) is 4.74 Å². The van der Waals surface area contributed by atoms with Gasteiger partial charge in [0.2, 0.25) is 0 Å². The van der Waals surface area contributed by atoms with Gasteiger partial charge in [-0.2, -0.15) is 8.42 Å². The highest BCUT2D eigenvalue weighted by atomic mass is 32.2. The summed E-state index contributed by atoms with van der Waals surface area (Å²) in [5.41, 5.74) is 1.12. The highest BCUT2D eigenvalue weighted by Crippen LogP contribution is 2.38. The van der Waals surface area contributed by atoms with Gasteiger partial charge in [-0.05, 0) is 37.7 Å². The third-order valence-electron chi connectivity index (χ3n) is 3.61. The molecule has 1 atom stereocenters. The van der Waals surface area contributed by atoms with E-state index in [1.165, 1.54) is 0 Å². The highest BCUT2D eigenvalue weighted by Gasteiger charge is 2.32. The Bertz CT molecular complexity index is 646. The van der Waals surface area contributed by atoms with E-state index in [0.717, 1.165) is 5.56 Å². The molecule has 0 aromatic heterocycles. The van der Waals surface area contributed by atoms with Crippen LogP contribution in [0.1, 0.15) is 37.7 Å². The quantitative estimate of drug-likeness (QED) is 0.683. The van der Waals surface area contributed by atoms with E-state index in [1.54, 1.807) is 6.92 Å². The molecule has 0 fully saturated rings. The first-order chi connectivity index (χ1) is 9.93. The summed E-state index contributed by atoms with van der Waals surface area (Å²) in [6.45, 7) is 1.82. The summed E-state index contributed by atoms with van der Waals surface area (Å²) in [6.07, 6.45) is 0.979. The van der Waals surface area contributed by atoms with E-state index in [9.17, 15) is 17.8 Å². The van der Waals surface area contributed by atoms with Crippen LogP contribution in [0.5, 0.6) is 0 Å². The fourth-order valence-corrected chi connectivity index (χ4v) is 3.48. The lowest BCUT2D eigenvalue weighted by Crippen LogP contribution is -2.21. The van der Waals surface area contributed by atoms with E-state index in [2.05, 4.69) is 0 Å². The molecule has 1 aromatic rings. The van der Waals surface area contributed by atoms with Crippen molar-refractivity contribution in [3.8, 4) is 0 Å². The molecule has 2 rings (SSSR count). The molecule has 0 aliphatic heterocycles. The second-order valence-corrected chi connectivity index (χ2v) is 6.39. The fraction of sp³-hybridized carbons (Fsp3) is 0.400. The van der Waals surface area contributed by atoms with Crippen molar-refractivity contribution in [3.63, 3.8) is 0 Å². The third-order valence-corrected chi connectivity index (χ3v) is 4.68. The van der Waals surface area contributed by atoms with Gasteiger partial charge >= 0.3 is 5.97 Å². The molecule has 0 saturated heterocycles. The number of carbonyl (C=O) groups excluding carboxylic acids is 1. The molecule has 114 valence electrons. The zero-order chi connectivity index (χ0) is 15.5. The molecule has 1 aliphatic carbocycles. The van der Waals surface area contributed by atoms with Crippen LogP contribution in [-0.2, 0) is 19.6 Å². The minimum absolute atomic E-state index is 0.0520. The largest absolute Gasteiger partial charge is 0.463 e. The van der Waals surface area contributed by atoms with Gasteiger partial charge in [-0.3, -0.25) is 4.55 Å². The molecule has 0 bridgehead atoms. The van der Waals surface area contributed by atoms with E-state index in [0.29, 0.717) is 6.42 Å². The Balaban J connectivity index is 2.36. The molecule has 1 aliphatic rings. The van der Waals surface area contributed by atoms with Crippen LogP contribution in [0, 0.1) is 0 Å². The lowest BCUT2D eigenvalue weighted by Gasteiger charge is -2.25. The van der Waals surface area contributed by atoms with Crippen LogP contribution >= 0.6 is 0 Å².